The summed E-state index contributed by atoms with van der Waals surface area (Å²) in [6, 6.07) is 5.75. The number of hydrogen-bond acceptors (Lipinski definition) is 5. The number of likely N-dealkylation sites (tertiary alicyclic amines) is 1. The monoisotopic (exact) mass is 444 g/mol. The third kappa shape index (κ3) is 6.93. The van der Waals surface area contributed by atoms with E-state index in [4.69, 9.17) is 5.73 Å². The summed E-state index contributed by atoms with van der Waals surface area (Å²) in [7, 11) is 0. The molecule has 1 aliphatic heterocycles. The lowest BCUT2D eigenvalue weighted by atomic mass is 10.0. The van der Waals surface area contributed by atoms with Crippen LogP contribution in [0.3, 0.4) is 0 Å². The summed E-state index contributed by atoms with van der Waals surface area (Å²) in [6.45, 7) is 3.86. The van der Waals surface area contributed by atoms with Crippen molar-refractivity contribution in [1.82, 2.24) is 15.5 Å². The third-order valence-corrected chi connectivity index (χ3v) is 5.22. The van der Waals surface area contributed by atoms with Crippen LogP contribution in [0.4, 0.5) is 0 Å². The summed E-state index contributed by atoms with van der Waals surface area (Å²) in [5, 5.41) is 14.4. The van der Waals surface area contributed by atoms with Crippen LogP contribution in [0.1, 0.15) is 31.2 Å². The van der Waals surface area contributed by atoms with Gasteiger partial charge in [-0.25, -0.2) is 4.79 Å². The SMILES string of the molecule is C=CC(=O)N1CCC[C@@H]1C(=O)N[C@@H](Cc1ccccc1)C(=O)N[C@@H](CCC(N)=O)C(=O)O. The van der Waals surface area contributed by atoms with Crippen LogP contribution < -0.4 is 16.4 Å². The van der Waals surface area contributed by atoms with Gasteiger partial charge in [0.05, 0.1) is 0 Å². The van der Waals surface area contributed by atoms with E-state index >= 15 is 0 Å². The van der Waals surface area contributed by atoms with Gasteiger partial charge in [0.15, 0.2) is 0 Å². The molecule has 0 unspecified atom stereocenters. The summed E-state index contributed by atoms with van der Waals surface area (Å²) < 4.78 is 0. The van der Waals surface area contributed by atoms with E-state index in [9.17, 15) is 29.1 Å². The quantitative estimate of drug-likeness (QED) is 0.344. The van der Waals surface area contributed by atoms with Gasteiger partial charge in [0.2, 0.25) is 23.6 Å². The molecule has 3 atom stereocenters. The molecule has 0 aliphatic carbocycles. The van der Waals surface area contributed by atoms with Gasteiger partial charge < -0.3 is 26.4 Å². The molecule has 0 aromatic heterocycles. The number of primary amides is 1. The third-order valence-electron chi connectivity index (χ3n) is 5.22. The molecule has 1 aromatic carbocycles. The number of carboxylic acid groups (broad SMARTS) is 1. The number of carbonyl (C=O) groups excluding carboxylic acids is 4. The zero-order valence-electron chi connectivity index (χ0n) is 17.7. The molecular formula is C22H28N4O6. The predicted octanol–water partition coefficient (Wildman–Crippen LogP) is -0.274. The van der Waals surface area contributed by atoms with E-state index < -0.39 is 41.8 Å². The highest BCUT2D eigenvalue weighted by Crippen LogP contribution is 2.18. The van der Waals surface area contributed by atoms with Gasteiger partial charge in [-0.3, -0.25) is 19.2 Å². The van der Waals surface area contributed by atoms with Gasteiger partial charge in [-0.1, -0.05) is 36.9 Å². The Morgan fingerprint density at radius 1 is 1.16 bits per heavy atom. The summed E-state index contributed by atoms with van der Waals surface area (Å²) >= 11 is 0. The Hall–Kier alpha value is -3.69. The number of nitrogens with one attached hydrogen (secondary N) is 2. The number of aliphatic carboxylic acids is 1. The van der Waals surface area contributed by atoms with Gasteiger partial charge in [0.25, 0.3) is 0 Å². The van der Waals surface area contributed by atoms with Gasteiger partial charge in [-0.15, -0.1) is 0 Å². The maximum atomic E-state index is 12.9. The molecule has 1 aliphatic rings. The average molecular weight is 444 g/mol. The van der Waals surface area contributed by atoms with E-state index in [1.807, 2.05) is 0 Å². The second-order valence-corrected chi connectivity index (χ2v) is 7.55. The predicted molar refractivity (Wildman–Crippen MR) is 115 cm³/mol. The Labute approximate surface area is 185 Å². The standard InChI is InChI=1S/C22H28N4O6/c1-2-19(28)26-12-6-9-17(26)21(30)25-16(13-14-7-4-3-5-8-14)20(29)24-15(22(31)32)10-11-18(23)27/h2-5,7-8,15-17H,1,6,9-13H2,(H2,23,27)(H,24,29)(H,25,30)(H,31,32)/t15-,16-,17+/m0/s1. The molecule has 172 valence electrons. The van der Waals surface area contributed by atoms with Crippen molar-refractivity contribution in [3.8, 4) is 0 Å². The van der Waals surface area contributed by atoms with E-state index in [0.717, 1.165) is 11.6 Å². The molecule has 5 N–H and O–H groups in total. The van der Waals surface area contributed by atoms with Gasteiger partial charge in [0, 0.05) is 19.4 Å². The topological polar surface area (TPSA) is 159 Å². The maximum absolute atomic E-state index is 12.9. The second kappa shape index (κ2) is 11.6. The zero-order valence-corrected chi connectivity index (χ0v) is 17.7. The first kappa shape index (κ1) is 24.6. The lowest BCUT2D eigenvalue weighted by molar-refractivity contribution is -0.143. The molecule has 10 heteroatoms. The number of benzene rings is 1. The molecule has 0 radical (unpaired) electrons. The molecular weight excluding hydrogens is 416 g/mol. The fourth-order valence-electron chi connectivity index (χ4n) is 3.56. The molecule has 0 bridgehead atoms. The minimum absolute atomic E-state index is 0.114. The van der Waals surface area contributed by atoms with Crippen molar-refractivity contribution in [3.05, 3.63) is 48.6 Å². The molecule has 0 saturated carbocycles. The molecule has 1 fully saturated rings. The van der Waals surface area contributed by atoms with E-state index in [2.05, 4.69) is 17.2 Å². The highest BCUT2D eigenvalue weighted by molar-refractivity contribution is 5.95. The zero-order chi connectivity index (χ0) is 23.7. The Morgan fingerprint density at radius 3 is 2.44 bits per heavy atom. The molecule has 2 rings (SSSR count). The molecule has 4 amide bonds. The number of carbonyl (C=O) groups is 5. The van der Waals surface area contributed by atoms with Crippen molar-refractivity contribution in [2.75, 3.05) is 6.54 Å². The van der Waals surface area contributed by atoms with Gasteiger partial charge in [-0.2, -0.15) is 0 Å². The number of nitrogens with two attached hydrogens (primary N) is 1. The lowest BCUT2D eigenvalue weighted by Gasteiger charge is -2.26. The number of amides is 4. The molecule has 1 heterocycles. The normalized spacial score (nSPS) is 17.1. The fourth-order valence-corrected chi connectivity index (χ4v) is 3.56. The Morgan fingerprint density at radius 2 is 1.84 bits per heavy atom. The molecule has 0 spiro atoms. The molecule has 10 nitrogen and oxygen atoms in total. The lowest BCUT2D eigenvalue weighted by Crippen LogP contribution is -2.56. The smallest absolute Gasteiger partial charge is 0.326 e. The maximum Gasteiger partial charge on any atom is 0.326 e. The summed E-state index contributed by atoms with van der Waals surface area (Å²) in [4.78, 5) is 61.8. The number of carboxylic acids is 1. The summed E-state index contributed by atoms with van der Waals surface area (Å²) in [6.07, 6.45) is 1.95. The Balaban J connectivity index is 2.17. The van der Waals surface area contributed by atoms with Gasteiger partial charge in [-0.05, 0) is 30.9 Å². The molecule has 1 saturated heterocycles. The largest absolute Gasteiger partial charge is 0.480 e. The minimum Gasteiger partial charge on any atom is -0.480 e. The van der Waals surface area contributed by atoms with Crippen molar-refractivity contribution >= 4 is 29.6 Å². The number of rotatable bonds is 11. The van der Waals surface area contributed by atoms with Crippen LogP contribution in [0.25, 0.3) is 0 Å². The second-order valence-electron chi connectivity index (χ2n) is 7.55. The first-order valence-electron chi connectivity index (χ1n) is 10.3. The number of hydrogen-bond donors (Lipinski definition) is 4. The average Bonchev–Trinajstić information content (AvgIpc) is 3.26. The van der Waals surface area contributed by atoms with Crippen molar-refractivity contribution in [1.29, 1.82) is 0 Å². The van der Waals surface area contributed by atoms with E-state index in [-0.39, 0.29) is 25.2 Å². The van der Waals surface area contributed by atoms with E-state index in [1.54, 1.807) is 30.3 Å². The van der Waals surface area contributed by atoms with Crippen LogP contribution in [0, 0.1) is 0 Å². The highest BCUT2D eigenvalue weighted by Gasteiger charge is 2.35. The van der Waals surface area contributed by atoms with E-state index in [1.165, 1.54) is 4.90 Å². The van der Waals surface area contributed by atoms with Gasteiger partial charge in [0.1, 0.15) is 18.1 Å². The first-order chi connectivity index (χ1) is 15.2. The molecule has 32 heavy (non-hydrogen) atoms. The van der Waals surface area contributed by atoms with Crippen molar-refractivity contribution in [2.24, 2.45) is 5.73 Å². The fraction of sp³-hybridized carbons (Fsp3) is 0.409. The van der Waals surface area contributed by atoms with Crippen LogP contribution in [0.5, 0.6) is 0 Å². The van der Waals surface area contributed by atoms with Crippen LogP contribution in [-0.4, -0.2) is 64.3 Å². The van der Waals surface area contributed by atoms with Crippen LogP contribution >= 0.6 is 0 Å². The Kier molecular flexibility index (Phi) is 8.94. The van der Waals surface area contributed by atoms with Crippen LogP contribution in [-0.2, 0) is 30.4 Å². The summed E-state index contributed by atoms with van der Waals surface area (Å²) in [5.41, 5.74) is 5.83. The van der Waals surface area contributed by atoms with Crippen LogP contribution in [0.2, 0.25) is 0 Å². The van der Waals surface area contributed by atoms with Crippen molar-refractivity contribution in [3.63, 3.8) is 0 Å². The van der Waals surface area contributed by atoms with Gasteiger partial charge >= 0.3 is 5.97 Å². The van der Waals surface area contributed by atoms with Crippen molar-refractivity contribution < 1.29 is 29.1 Å². The van der Waals surface area contributed by atoms with Crippen LogP contribution in [0.15, 0.2) is 43.0 Å². The number of nitrogens with zero attached hydrogens (tertiary/aromatic N) is 1. The minimum atomic E-state index is -1.34. The summed E-state index contributed by atoms with van der Waals surface area (Å²) in [5.74, 6) is -3.59. The van der Waals surface area contributed by atoms with E-state index in [0.29, 0.717) is 19.4 Å². The van der Waals surface area contributed by atoms with Crippen molar-refractivity contribution in [2.45, 2.75) is 50.2 Å². The highest BCUT2D eigenvalue weighted by atomic mass is 16.4. The molecule has 1 aromatic rings. The first-order valence-corrected chi connectivity index (χ1v) is 10.3. The Bertz CT molecular complexity index is 872.